The van der Waals surface area contributed by atoms with Gasteiger partial charge in [0, 0.05) is 22.3 Å². The molecule has 142 valence electrons. The molecular formula is C21H17ClN2O3S. The molecule has 1 aromatic heterocycles. The smallest absolute Gasteiger partial charge is 0.337 e. The quantitative estimate of drug-likeness (QED) is 0.463. The molecule has 0 bridgehead atoms. The fourth-order valence-electron chi connectivity index (χ4n) is 2.59. The standard InChI is InChI=1S/C21H17ClN2O3S/c1-27-21(26)14-8-9-23-19(11-14)13-4-3-5-15(10-13)24-20(25)17-7-6-16(28-2)12-18(17)22/h3-12H,1-2H3,(H,24,25). The second-order valence-electron chi connectivity index (χ2n) is 5.80. The van der Waals surface area contributed by atoms with Gasteiger partial charge in [0.1, 0.15) is 0 Å². The van der Waals surface area contributed by atoms with Crippen molar-refractivity contribution in [3.8, 4) is 11.3 Å². The summed E-state index contributed by atoms with van der Waals surface area (Å²) in [5.74, 6) is -0.734. The number of carbonyl (C=O) groups excluding carboxylic acids is 2. The Hall–Kier alpha value is -2.83. The molecule has 2 aromatic carbocycles. The Morgan fingerprint density at radius 3 is 2.64 bits per heavy atom. The van der Waals surface area contributed by atoms with Crippen LogP contribution in [0.4, 0.5) is 5.69 Å². The van der Waals surface area contributed by atoms with Crippen molar-refractivity contribution >= 4 is 40.9 Å². The van der Waals surface area contributed by atoms with Crippen LogP contribution in [0.25, 0.3) is 11.3 Å². The fraction of sp³-hybridized carbons (Fsp3) is 0.0952. The second kappa shape index (κ2) is 8.91. The topological polar surface area (TPSA) is 68.3 Å². The molecule has 0 aliphatic heterocycles. The summed E-state index contributed by atoms with van der Waals surface area (Å²) in [6, 6.07) is 15.8. The predicted octanol–water partition coefficient (Wildman–Crippen LogP) is 5.16. The number of hydrogen-bond acceptors (Lipinski definition) is 5. The molecule has 1 N–H and O–H groups in total. The second-order valence-corrected chi connectivity index (χ2v) is 7.09. The number of carbonyl (C=O) groups is 2. The van der Waals surface area contributed by atoms with Crippen molar-refractivity contribution in [1.82, 2.24) is 4.98 Å². The summed E-state index contributed by atoms with van der Waals surface area (Å²) in [5, 5.41) is 3.24. The van der Waals surface area contributed by atoms with E-state index in [-0.39, 0.29) is 5.91 Å². The number of nitrogens with one attached hydrogen (secondary N) is 1. The number of ether oxygens (including phenoxy) is 1. The van der Waals surface area contributed by atoms with E-state index in [0.29, 0.717) is 27.5 Å². The number of thioether (sulfide) groups is 1. The number of nitrogens with zero attached hydrogens (tertiary/aromatic N) is 1. The van der Waals surface area contributed by atoms with Gasteiger partial charge in [0.05, 0.1) is 29.0 Å². The third-order valence-corrected chi connectivity index (χ3v) is 5.06. The third-order valence-electron chi connectivity index (χ3n) is 4.02. The first-order chi connectivity index (χ1) is 13.5. The van der Waals surface area contributed by atoms with Gasteiger partial charge in [0.15, 0.2) is 0 Å². The van der Waals surface area contributed by atoms with Crippen molar-refractivity contribution in [2.45, 2.75) is 4.90 Å². The van der Waals surface area contributed by atoms with E-state index in [2.05, 4.69) is 10.3 Å². The molecule has 0 spiro atoms. The van der Waals surface area contributed by atoms with E-state index in [1.54, 1.807) is 60.4 Å². The molecule has 0 aliphatic carbocycles. The van der Waals surface area contributed by atoms with Gasteiger partial charge < -0.3 is 10.1 Å². The van der Waals surface area contributed by atoms with Crippen molar-refractivity contribution in [3.05, 3.63) is 76.9 Å². The monoisotopic (exact) mass is 412 g/mol. The molecule has 0 saturated carbocycles. The number of hydrogen-bond donors (Lipinski definition) is 1. The van der Waals surface area contributed by atoms with Crippen molar-refractivity contribution in [2.24, 2.45) is 0 Å². The van der Waals surface area contributed by atoms with Gasteiger partial charge >= 0.3 is 5.97 Å². The molecule has 28 heavy (non-hydrogen) atoms. The maximum Gasteiger partial charge on any atom is 0.337 e. The first-order valence-corrected chi connectivity index (χ1v) is 9.92. The zero-order chi connectivity index (χ0) is 20.1. The molecular weight excluding hydrogens is 396 g/mol. The van der Waals surface area contributed by atoms with E-state index >= 15 is 0 Å². The summed E-state index contributed by atoms with van der Waals surface area (Å²) >= 11 is 7.78. The summed E-state index contributed by atoms with van der Waals surface area (Å²) in [6.07, 6.45) is 3.49. The highest BCUT2D eigenvalue weighted by Gasteiger charge is 2.12. The lowest BCUT2D eigenvalue weighted by atomic mass is 10.1. The summed E-state index contributed by atoms with van der Waals surface area (Å²) in [5.41, 5.74) is 2.75. The zero-order valence-corrected chi connectivity index (χ0v) is 16.8. The Balaban J connectivity index is 1.84. The highest BCUT2D eigenvalue weighted by atomic mass is 35.5. The molecule has 0 atom stereocenters. The van der Waals surface area contributed by atoms with Gasteiger partial charge in [-0.3, -0.25) is 9.78 Å². The van der Waals surface area contributed by atoms with E-state index in [1.807, 2.05) is 18.4 Å². The van der Waals surface area contributed by atoms with Crippen LogP contribution in [0.2, 0.25) is 5.02 Å². The molecule has 0 aliphatic rings. The number of amides is 1. The first kappa shape index (κ1) is 19.9. The molecule has 5 nitrogen and oxygen atoms in total. The molecule has 3 aromatic rings. The van der Waals surface area contributed by atoms with Crippen molar-refractivity contribution in [3.63, 3.8) is 0 Å². The van der Waals surface area contributed by atoms with Crippen LogP contribution in [0.3, 0.4) is 0 Å². The third kappa shape index (κ3) is 4.52. The highest BCUT2D eigenvalue weighted by Crippen LogP contribution is 2.26. The number of halogens is 1. The van der Waals surface area contributed by atoms with Crippen LogP contribution in [-0.4, -0.2) is 30.2 Å². The maximum absolute atomic E-state index is 12.6. The summed E-state index contributed by atoms with van der Waals surface area (Å²) in [4.78, 5) is 29.6. The summed E-state index contributed by atoms with van der Waals surface area (Å²) < 4.78 is 4.74. The van der Waals surface area contributed by atoms with Crippen LogP contribution >= 0.6 is 23.4 Å². The lowest BCUT2D eigenvalue weighted by Crippen LogP contribution is -2.12. The van der Waals surface area contributed by atoms with E-state index in [0.717, 1.165) is 10.5 Å². The minimum atomic E-state index is -0.434. The zero-order valence-electron chi connectivity index (χ0n) is 15.2. The molecule has 7 heteroatoms. The van der Waals surface area contributed by atoms with Crippen molar-refractivity contribution < 1.29 is 14.3 Å². The van der Waals surface area contributed by atoms with E-state index in [9.17, 15) is 9.59 Å². The lowest BCUT2D eigenvalue weighted by Gasteiger charge is -2.10. The van der Waals surface area contributed by atoms with E-state index in [4.69, 9.17) is 16.3 Å². The highest BCUT2D eigenvalue weighted by molar-refractivity contribution is 7.98. The number of benzene rings is 2. The van der Waals surface area contributed by atoms with Gasteiger partial charge in [-0.2, -0.15) is 0 Å². The molecule has 0 unspecified atom stereocenters. The molecule has 1 heterocycles. The number of methoxy groups -OCH3 is 1. The Kier molecular flexibility index (Phi) is 6.34. The van der Waals surface area contributed by atoms with Gasteiger partial charge in [-0.25, -0.2) is 4.79 Å². The number of anilines is 1. The Bertz CT molecular complexity index is 1040. The van der Waals surface area contributed by atoms with Gasteiger partial charge in [-0.05, 0) is 48.7 Å². The van der Waals surface area contributed by atoms with E-state index in [1.165, 1.54) is 7.11 Å². The summed E-state index contributed by atoms with van der Waals surface area (Å²) in [6.45, 7) is 0. The van der Waals surface area contributed by atoms with Crippen LogP contribution in [0, 0.1) is 0 Å². The molecule has 0 radical (unpaired) electrons. The fourth-order valence-corrected chi connectivity index (χ4v) is 3.37. The normalized spacial score (nSPS) is 10.4. The van der Waals surface area contributed by atoms with Gasteiger partial charge in [0.2, 0.25) is 0 Å². The molecule has 0 fully saturated rings. The number of esters is 1. The Labute approximate surface area is 172 Å². The minimum Gasteiger partial charge on any atom is -0.465 e. The molecule has 1 amide bonds. The Morgan fingerprint density at radius 2 is 1.93 bits per heavy atom. The SMILES string of the molecule is COC(=O)c1ccnc(-c2cccc(NC(=O)c3ccc(SC)cc3Cl)c2)c1. The maximum atomic E-state index is 12.6. The Morgan fingerprint density at radius 1 is 1.11 bits per heavy atom. The van der Waals surface area contributed by atoms with E-state index < -0.39 is 5.97 Å². The summed E-state index contributed by atoms with van der Waals surface area (Å²) in [7, 11) is 1.33. The number of aromatic nitrogens is 1. The van der Waals surface area contributed by atoms with Crippen LogP contribution in [-0.2, 0) is 4.74 Å². The van der Waals surface area contributed by atoms with Crippen LogP contribution in [0.1, 0.15) is 20.7 Å². The average molecular weight is 413 g/mol. The van der Waals surface area contributed by atoms with Gasteiger partial charge in [0.25, 0.3) is 5.91 Å². The lowest BCUT2D eigenvalue weighted by molar-refractivity contribution is 0.0600. The average Bonchev–Trinajstić information content (AvgIpc) is 2.73. The minimum absolute atomic E-state index is 0.300. The predicted molar refractivity (Wildman–Crippen MR) is 112 cm³/mol. The van der Waals surface area contributed by atoms with Crippen molar-refractivity contribution in [1.29, 1.82) is 0 Å². The first-order valence-electron chi connectivity index (χ1n) is 8.31. The van der Waals surface area contributed by atoms with Gasteiger partial charge in [-0.1, -0.05) is 23.7 Å². The number of rotatable bonds is 5. The van der Waals surface area contributed by atoms with Gasteiger partial charge in [-0.15, -0.1) is 11.8 Å². The van der Waals surface area contributed by atoms with Crippen LogP contribution < -0.4 is 5.32 Å². The van der Waals surface area contributed by atoms with Crippen LogP contribution in [0.5, 0.6) is 0 Å². The largest absolute Gasteiger partial charge is 0.465 e. The van der Waals surface area contributed by atoms with Crippen LogP contribution in [0.15, 0.2) is 65.7 Å². The number of pyridine rings is 1. The van der Waals surface area contributed by atoms with Crippen molar-refractivity contribution in [2.75, 3.05) is 18.7 Å². The molecule has 3 rings (SSSR count). The molecule has 0 saturated heterocycles.